The zero-order valence-electron chi connectivity index (χ0n) is 13.3. The highest BCUT2D eigenvalue weighted by Gasteiger charge is 2.48. The molecule has 1 aliphatic heterocycles. The molecule has 2 aromatic rings. The van der Waals surface area contributed by atoms with Gasteiger partial charge in [0.05, 0.1) is 17.3 Å². The molecule has 2 atom stereocenters. The molecule has 0 bridgehead atoms. The van der Waals surface area contributed by atoms with Crippen LogP contribution in [0.3, 0.4) is 0 Å². The molecule has 2 unspecified atom stereocenters. The minimum Gasteiger partial charge on any atom is -0.289 e. The highest BCUT2D eigenvalue weighted by Crippen LogP contribution is 2.46. The van der Waals surface area contributed by atoms with Crippen LogP contribution in [0.25, 0.3) is 5.70 Å². The Kier molecular flexibility index (Phi) is 3.54. The topological polar surface area (TPSA) is 72.6 Å². The summed E-state index contributed by atoms with van der Waals surface area (Å²) in [6.07, 6.45) is 0. The van der Waals surface area contributed by atoms with Gasteiger partial charge in [0.1, 0.15) is 0 Å². The number of aliphatic imine (C=N–C) groups is 1. The van der Waals surface area contributed by atoms with Crippen LogP contribution in [0.4, 0.5) is 0 Å². The van der Waals surface area contributed by atoms with E-state index in [0.717, 1.165) is 5.56 Å². The van der Waals surface area contributed by atoms with Gasteiger partial charge in [-0.2, -0.15) is 0 Å². The monoisotopic (exact) mass is 352 g/mol. The van der Waals surface area contributed by atoms with E-state index in [1.807, 2.05) is 12.1 Å². The van der Waals surface area contributed by atoms with Crippen molar-refractivity contribution >= 4 is 28.8 Å². The van der Waals surface area contributed by atoms with E-state index >= 15 is 0 Å². The second-order valence-electron chi connectivity index (χ2n) is 6.15. The van der Waals surface area contributed by atoms with Crippen molar-refractivity contribution in [2.24, 2.45) is 4.99 Å². The second kappa shape index (κ2) is 5.63. The van der Waals surface area contributed by atoms with E-state index in [9.17, 15) is 14.9 Å². The zero-order chi connectivity index (χ0) is 17.7. The van der Waals surface area contributed by atoms with Gasteiger partial charge in [0.25, 0.3) is 6.04 Å². The number of hydrogen-bond donors (Lipinski definition) is 0. The fourth-order valence-corrected chi connectivity index (χ4v) is 3.76. The summed E-state index contributed by atoms with van der Waals surface area (Å²) in [5, 5.41) is 12.3. The Bertz CT molecular complexity index is 976. The Hall–Kier alpha value is -2.79. The Balaban J connectivity index is 1.96. The van der Waals surface area contributed by atoms with Crippen LogP contribution >= 0.6 is 11.6 Å². The van der Waals surface area contributed by atoms with Crippen molar-refractivity contribution in [1.29, 1.82) is 0 Å². The number of hydrogen-bond acceptors (Lipinski definition) is 4. The number of carbonyl (C=O) groups is 1. The van der Waals surface area contributed by atoms with Crippen LogP contribution in [-0.4, -0.2) is 22.5 Å². The Morgan fingerprint density at radius 3 is 2.36 bits per heavy atom. The zero-order valence-corrected chi connectivity index (χ0v) is 14.0. The van der Waals surface area contributed by atoms with Gasteiger partial charge in [0.15, 0.2) is 5.78 Å². The molecule has 0 radical (unpaired) electrons. The number of ketones is 1. The summed E-state index contributed by atoms with van der Waals surface area (Å²) in [5.41, 5.74) is 3.32. The molecule has 1 heterocycles. The lowest BCUT2D eigenvalue weighted by molar-refractivity contribution is -0.505. The highest BCUT2D eigenvalue weighted by molar-refractivity contribution is 6.30. The average Bonchev–Trinajstić information content (AvgIpc) is 2.87. The molecule has 0 aromatic heterocycles. The third-order valence-corrected chi connectivity index (χ3v) is 4.98. The van der Waals surface area contributed by atoms with Crippen LogP contribution < -0.4 is 0 Å². The number of Topliss-reactive ketones (excluding diaryl/α,β-unsaturated/α-hetero) is 1. The molecule has 0 saturated heterocycles. The first kappa shape index (κ1) is 15.7. The van der Waals surface area contributed by atoms with Crippen molar-refractivity contribution in [2.45, 2.75) is 18.9 Å². The molecule has 6 heteroatoms. The van der Waals surface area contributed by atoms with Crippen molar-refractivity contribution < 1.29 is 9.72 Å². The molecule has 1 aliphatic carbocycles. The van der Waals surface area contributed by atoms with Gasteiger partial charge in [-0.15, -0.1) is 0 Å². The number of benzene rings is 2. The van der Waals surface area contributed by atoms with Crippen molar-refractivity contribution in [3.05, 3.63) is 85.9 Å². The summed E-state index contributed by atoms with van der Waals surface area (Å²) in [7, 11) is 0. The van der Waals surface area contributed by atoms with Crippen molar-refractivity contribution in [3.8, 4) is 0 Å². The lowest BCUT2D eigenvalue weighted by atomic mass is 9.80. The molecular weight excluding hydrogens is 340 g/mol. The fourth-order valence-electron chi connectivity index (χ4n) is 3.63. The van der Waals surface area contributed by atoms with Crippen LogP contribution in [0.5, 0.6) is 0 Å². The summed E-state index contributed by atoms with van der Waals surface area (Å²) in [6.45, 7) is 1.64. The number of nitrogens with zero attached hydrogens (tertiary/aromatic N) is 2. The highest BCUT2D eigenvalue weighted by atomic mass is 35.5. The van der Waals surface area contributed by atoms with Crippen molar-refractivity contribution in [2.75, 3.05) is 0 Å². The normalized spacial score (nSPS) is 21.7. The van der Waals surface area contributed by atoms with Crippen LogP contribution in [0.2, 0.25) is 5.02 Å². The maximum atomic E-state index is 13.0. The van der Waals surface area contributed by atoms with E-state index in [2.05, 4.69) is 4.99 Å². The smallest absolute Gasteiger partial charge is 0.261 e. The van der Waals surface area contributed by atoms with Crippen molar-refractivity contribution in [3.63, 3.8) is 0 Å². The number of rotatable bonds is 2. The van der Waals surface area contributed by atoms with Crippen LogP contribution in [0.1, 0.15) is 34.3 Å². The van der Waals surface area contributed by atoms with E-state index in [-0.39, 0.29) is 10.7 Å². The lowest BCUT2D eigenvalue weighted by Gasteiger charge is -2.26. The quantitative estimate of drug-likeness (QED) is 0.602. The van der Waals surface area contributed by atoms with Gasteiger partial charge in [-0.25, -0.2) is 4.99 Å². The first-order chi connectivity index (χ1) is 12.0. The molecule has 0 amide bonds. The predicted octanol–water partition coefficient (Wildman–Crippen LogP) is 4.15. The molecule has 0 N–H and O–H groups in total. The first-order valence-electron chi connectivity index (χ1n) is 7.81. The molecular formula is C19H13ClN2O3. The molecule has 25 heavy (non-hydrogen) atoms. The maximum absolute atomic E-state index is 13.0. The van der Waals surface area contributed by atoms with E-state index < -0.39 is 12.0 Å². The maximum Gasteiger partial charge on any atom is 0.261 e. The molecule has 2 aliphatic rings. The average molecular weight is 353 g/mol. The minimum absolute atomic E-state index is 0.186. The van der Waals surface area contributed by atoms with Gasteiger partial charge >= 0.3 is 0 Å². The van der Waals surface area contributed by atoms with Gasteiger partial charge in [0.2, 0.25) is 0 Å². The Morgan fingerprint density at radius 2 is 1.72 bits per heavy atom. The van der Waals surface area contributed by atoms with Crippen molar-refractivity contribution in [1.82, 2.24) is 0 Å². The molecule has 4 rings (SSSR count). The minimum atomic E-state index is -1.07. The lowest BCUT2D eigenvalue weighted by Crippen LogP contribution is -2.38. The standard InChI is InChI=1S/C19H13ClN2O3/c1-10-18(22(24)25)15(11-6-8-12(20)9-7-11)16-17(21-10)13-4-2-3-5-14(13)19(16)23/h2-9,15,18H,1H3. The summed E-state index contributed by atoms with van der Waals surface area (Å²) >= 11 is 5.95. The van der Waals surface area contributed by atoms with Gasteiger partial charge in [-0.3, -0.25) is 14.9 Å². The van der Waals surface area contributed by atoms with Crippen LogP contribution in [-0.2, 0) is 0 Å². The molecule has 2 aromatic carbocycles. The van der Waals surface area contributed by atoms with E-state index in [4.69, 9.17) is 11.6 Å². The van der Waals surface area contributed by atoms with Crippen LogP contribution in [0, 0.1) is 10.1 Å². The molecule has 124 valence electrons. The second-order valence-corrected chi connectivity index (χ2v) is 6.59. The number of fused-ring (bicyclic) bond motifs is 2. The Labute approximate surface area is 148 Å². The molecule has 5 nitrogen and oxygen atoms in total. The summed E-state index contributed by atoms with van der Waals surface area (Å²) in [6, 6.07) is 13.0. The number of carbonyl (C=O) groups excluding carboxylic acids is 1. The van der Waals surface area contributed by atoms with E-state index in [0.29, 0.717) is 33.1 Å². The van der Waals surface area contributed by atoms with Gasteiger partial charge in [-0.1, -0.05) is 48.0 Å². The fraction of sp³-hybridized carbons (Fsp3) is 0.158. The first-order valence-corrected chi connectivity index (χ1v) is 8.19. The Morgan fingerprint density at radius 1 is 1.08 bits per heavy atom. The van der Waals surface area contributed by atoms with E-state index in [1.54, 1.807) is 43.3 Å². The third kappa shape index (κ3) is 2.31. The summed E-state index contributed by atoms with van der Waals surface area (Å²) in [4.78, 5) is 28.8. The van der Waals surface area contributed by atoms with Gasteiger partial charge < -0.3 is 0 Å². The van der Waals surface area contributed by atoms with E-state index in [1.165, 1.54) is 0 Å². The van der Waals surface area contributed by atoms with Crippen LogP contribution in [0.15, 0.2) is 59.1 Å². The summed E-state index contributed by atoms with van der Waals surface area (Å²) in [5.74, 6) is -0.867. The largest absolute Gasteiger partial charge is 0.289 e. The predicted molar refractivity (Wildman–Crippen MR) is 95.8 cm³/mol. The number of nitro groups is 1. The SMILES string of the molecule is CC1=NC2=C(C(=O)c3ccccc32)C(c2ccc(Cl)cc2)C1[N+](=O)[O-]. The van der Waals surface area contributed by atoms with Gasteiger partial charge in [0, 0.05) is 26.6 Å². The third-order valence-electron chi connectivity index (χ3n) is 4.73. The molecule has 0 fully saturated rings. The molecule has 0 spiro atoms. The number of halogens is 1. The van der Waals surface area contributed by atoms with Gasteiger partial charge in [-0.05, 0) is 24.6 Å². The molecule has 0 saturated carbocycles. The summed E-state index contributed by atoms with van der Waals surface area (Å²) < 4.78 is 0.